The molecule has 1 aromatic carbocycles. The Morgan fingerprint density at radius 2 is 1.80 bits per heavy atom. The van der Waals surface area contributed by atoms with Gasteiger partial charge in [0.05, 0.1) is 25.4 Å². The van der Waals surface area contributed by atoms with Crippen molar-refractivity contribution >= 4 is 13.6 Å². The Hall–Kier alpha value is -1.20. The Kier molecular flexibility index (Phi) is 6.36. The van der Waals surface area contributed by atoms with Gasteiger partial charge in [-0.15, -0.1) is 0 Å². The first kappa shape index (κ1) is 16.9. The molecule has 0 aliphatic rings. The van der Waals surface area contributed by atoms with Gasteiger partial charge in [0.2, 0.25) is 0 Å². The van der Waals surface area contributed by atoms with Crippen LogP contribution in [0.2, 0.25) is 0 Å². The molecule has 112 valence electrons. The number of phosphoric ester groups is 1. The van der Waals surface area contributed by atoms with Crippen molar-refractivity contribution < 1.29 is 28.0 Å². The van der Waals surface area contributed by atoms with Crippen molar-refractivity contribution in [2.45, 2.75) is 27.4 Å². The minimum Gasteiger partial charge on any atom is -0.507 e. The SMILES string of the molecule is CCOP(=O)(OCC)OCc1ccc(O)c(C(C)=O)c1. The summed E-state index contributed by atoms with van der Waals surface area (Å²) in [4.78, 5) is 11.3. The second kappa shape index (κ2) is 7.55. The molecule has 0 unspecified atom stereocenters. The van der Waals surface area contributed by atoms with E-state index in [1.54, 1.807) is 19.9 Å². The fourth-order valence-corrected chi connectivity index (χ4v) is 2.70. The Morgan fingerprint density at radius 3 is 2.30 bits per heavy atom. The van der Waals surface area contributed by atoms with Gasteiger partial charge in [0.1, 0.15) is 5.75 Å². The lowest BCUT2D eigenvalue weighted by Gasteiger charge is -2.16. The molecule has 0 saturated heterocycles. The van der Waals surface area contributed by atoms with E-state index in [-0.39, 0.29) is 36.9 Å². The van der Waals surface area contributed by atoms with Crippen LogP contribution in [0.1, 0.15) is 36.7 Å². The molecular formula is C13H19O6P. The molecular weight excluding hydrogens is 283 g/mol. The van der Waals surface area contributed by atoms with Gasteiger partial charge in [-0.05, 0) is 38.5 Å². The molecule has 0 saturated carbocycles. The average Bonchev–Trinajstić information content (AvgIpc) is 2.38. The number of carbonyl (C=O) groups is 1. The number of phenols is 1. The normalized spacial score (nSPS) is 11.6. The first-order valence-corrected chi connectivity index (χ1v) is 7.74. The van der Waals surface area contributed by atoms with Crippen molar-refractivity contribution in [3.8, 4) is 5.75 Å². The zero-order valence-corrected chi connectivity index (χ0v) is 12.7. The Morgan fingerprint density at radius 1 is 1.20 bits per heavy atom. The van der Waals surface area contributed by atoms with Gasteiger partial charge in [-0.1, -0.05) is 6.07 Å². The Balaban J connectivity index is 2.81. The summed E-state index contributed by atoms with van der Waals surface area (Å²) in [6.45, 7) is 5.08. The minimum absolute atomic E-state index is 0.0438. The van der Waals surface area contributed by atoms with E-state index in [1.807, 2.05) is 0 Å². The molecule has 0 radical (unpaired) electrons. The molecule has 7 heteroatoms. The highest BCUT2D eigenvalue weighted by Gasteiger charge is 2.25. The summed E-state index contributed by atoms with van der Waals surface area (Å²) >= 11 is 0. The van der Waals surface area contributed by atoms with E-state index < -0.39 is 7.82 Å². The number of carbonyl (C=O) groups excluding carboxylic acids is 1. The van der Waals surface area contributed by atoms with E-state index >= 15 is 0 Å². The lowest BCUT2D eigenvalue weighted by molar-refractivity contribution is 0.101. The fraction of sp³-hybridized carbons (Fsp3) is 0.462. The van der Waals surface area contributed by atoms with Crippen LogP contribution < -0.4 is 0 Å². The number of rotatable bonds is 8. The van der Waals surface area contributed by atoms with Gasteiger partial charge < -0.3 is 5.11 Å². The molecule has 0 amide bonds. The molecule has 1 N–H and O–H groups in total. The summed E-state index contributed by atoms with van der Waals surface area (Å²) in [5.41, 5.74) is 0.779. The van der Waals surface area contributed by atoms with Gasteiger partial charge in [0.15, 0.2) is 5.78 Å². The molecule has 0 fully saturated rings. The van der Waals surface area contributed by atoms with Crippen LogP contribution in [0.4, 0.5) is 0 Å². The highest BCUT2D eigenvalue weighted by molar-refractivity contribution is 7.48. The van der Waals surface area contributed by atoms with Crippen LogP contribution in [-0.2, 0) is 24.7 Å². The zero-order chi connectivity index (χ0) is 15.2. The second-order valence-electron chi connectivity index (χ2n) is 3.96. The molecule has 0 spiro atoms. The molecule has 20 heavy (non-hydrogen) atoms. The molecule has 1 rings (SSSR count). The van der Waals surface area contributed by atoms with Crippen LogP contribution in [0.5, 0.6) is 5.75 Å². The summed E-state index contributed by atoms with van der Waals surface area (Å²) in [5.74, 6) is -0.360. The van der Waals surface area contributed by atoms with Gasteiger partial charge in [-0.3, -0.25) is 18.4 Å². The van der Waals surface area contributed by atoms with Crippen LogP contribution in [0.25, 0.3) is 0 Å². The molecule has 0 aliphatic carbocycles. The largest absolute Gasteiger partial charge is 0.507 e. The number of aromatic hydroxyl groups is 1. The van der Waals surface area contributed by atoms with Crippen LogP contribution in [-0.4, -0.2) is 24.1 Å². The molecule has 0 aliphatic heterocycles. The topological polar surface area (TPSA) is 82.1 Å². The Labute approximate surface area is 118 Å². The predicted molar refractivity (Wildman–Crippen MR) is 73.8 cm³/mol. The monoisotopic (exact) mass is 302 g/mol. The quantitative estimate of drug-likeness (QED) is 0.586. The van der Waals surface area contributed by atoms with Crippen LogP contribution in [0.15, 0.2) is 18.2 Å². The van der Waals surface area contributed by atoms with Gasteiger partial charge in [0.25, 0.3) is 0 Å². The van der Waals surface area contributed by atoms with E-state index in [1.165, 1.54) is 19.1 Å². The third kappa shape index (κ3) is 4.72. The first-order chi connectivity index (χ1) is 9.41. The highest BCUT2D eigenvalue weighted by atomic mass is 31.2. The smallest absolute Gasteiger partial charge is 0.475 e. The van der Waals surface area contributed by atoms with Crippen molar-refractivity contribution in [2.75, 3.05) is 13.2 Å². The number of phenolic OH excluding ortho intramolecular Hbond substituents is 1. The molecule has 6 nitrogen and oxygen atoms in total. The minimum atomic E-state index is -3.58. The first-order valence-electron chi connectivity index (χ1n) is 6.28. The van der Waals surface area contributed by atoms with E-state index in [2.05, 4.69) is 0 Å². The number of hydrogen-bond acceptors (Lipinski definition) is 6. The maximum absolute atomic E-state index is 12.1. The van der Waals surface area contributed by atoms with Gasteiger partial charge in [-0.2, -0.15) is 0 Å². The number of phosphoric acid groups is 1. The third-order valence-electron chi connectivity index (χ3n) is 2.40. The van der Waals surface area contributed by atoms with Gasteiger partial charge in [0, 0.05) is 0 Å². The fourth-order valence-electron chi connectivity index (χ4n) is 1.54. The van der Waals surface area contributed by atoms with Crippen molar-refractivity contribution in [1.29, 1.82) is 0 Å². The lowest BCUT2D eigenvalue weighted by Crippen LogP contribution is -2.01. The van der Waals surface area contributed by atoms with Crippen LogP contribution in [0, 0.1) is 0 Å². The van der Waals surface area contributed by atoms with Gasteiger partial charge in [-0.25, -0.2) is 4.57 Å². The Bertz CT molecular complexity index is 504. The predicted octanol–water partition coefficient (Wildman–Crippen LogP) is 3.29. The summed E-state index contributed by atoms with van der Waals surface area (Å²) in [6.07, 6.45) is 0. The summed E-state index contributed by atoms with van der Waals surface area (Å²) in [6, 6.07) is 4.45. The zero-order valence-electron chi connectivity index (χ0n) is 11.8. The van der Waals surface area contributed by atoms with Crippen molar-refractivity contribution in [3.63, 3.8) is 0 Å². The molecule has 0 heterocycles. The summed E-state index contributed by atoms with van der Waals surface area (Å²) < 4.78 is 27.3. The van der Waals surface area contributed by atoms with E-state index in [9.17, 15) is 14.5 Å². The van der Waals surface area contributed by atoms with Crippen LogP contribution >= 0.6 is 7.82 Å². The summed E-state index contributed by atoms with van der Waals surface area (Å²) in [5, 5.41) is 9.54. The summed E-state index contributed by atoms with van der Waals surface area (Å²) in [7, 11) is -3.58. The lowest BCUT2D eigenvalue weighted by atomic mass is 10.1. The maximum Gasteiger partial charge on any atom is 0.475 e. The number of ketones is 1. The molecule has 0 atom stereocenters. The third-order valence-corrected chi connectivity index (χ3v) is 4.00. The average molecular weight is 302 g/mol. The van der Waals surface area contributed by atoms with Crippen LogP contribution in [0.3, 0.4) is 0 Å². The van der Waals surface area contributed by atoms with E-state index in [4.69, 9.17) is 13.6 Å². The number of Topliss-reactive ketones (excluding diaryl/α,β-unsaturated/α-hetero) is 1. The molecule has 1 aromatic rings. The van der Waals surface area contributed by atoms with E-state index in [0.29, 0.717) is 5.56 Å². The maximum atomic E-state index is 12.1. The van der Waals surface area contributed by atoms with E-state index in [0.717, 1.165) is 0 Å². The highest BCUT2D eigenvalue weighted by Crippen LogP contribution is 2.49. The van der Waals surface area contributed by atoms with Crippen molar-refractivity contribution in [3.05, 3.63) is 29.3 Å². The number of hydrogen-bond donors (Lipinski definition) is 1. The standard InChI is InChI=1S/C13H19O6P/c1-4-17-20(16,18-5-2)19-9-11-6-7-13(15)12(8-11)10(3)14/h6-8,15H,4-5,9H2,1-3H3. The second-order valence-corrected chi connectivity index (χ2v) is 5.63. The number of benzene rings is 1. The molecule has 0 bridgehead atoms. The van der Waals surface area contributed by atoms with Crippen molar-refractivity contribution in [1.82, 2.24) is 0 Å². The van der Waals surface area contributed by atoms with Gasteiger partial charge >= 0.3 is 7.82 Å². The van der Waals surface area contributed by atoms with Crippen molar-refractivity contribution in [2.24, 2.45) is 0 Å². The molecule has 0 aromatic heterocycles.